The largest absolute Gasteiger partial charge is 0.491 e. The van der Waals surface area contributed by atoms with Crippen LogP contribution in [0.4, 0.5) is 4.39 Å². The standard InChI is InChI=1S/C18H24BFO4S/c1-12(22)25-11-15(19-23-17(2,3)18(4,5)24-19)9-13-6-7-16(20)14(8-13)10-21/h6-9,21H,10-11H2,1-5H3. The Hall–Kier alpha value is -1.15. The molecule has 2 rings (SSSR count). The summed E-state index contributed by atoms with van der Waals surface area (Å²) in [6.07, 6.45) is 1.83. The second-order valence-corrected chi connectivity index (χ2v) is 8.25. The van der Waals surface area contributed by atoms with Crippen LogP contribution in [0.25, 0.3) is 6.08 Å². The van der Waals surface area contributed by atoms with Gasteiger partial charge in [-0.2, -0.15) is 0 Å². The second kappa shape index (κ2) is 7.62. The molecule has 1 heterocycles. The second-order valence-electron chi connectivity index (χ2n) is 7.10. The number of thioether (sulfide) groups is 1. The first-order valence-corrected chi connectivity index (χ1v) is 9.13. The van der Waals surface area contributed by atoms with E-state index in [1.54, 1.807) is 12.1 Å². The number of aliphatic hydroxyl groups excluding tert-OH is 1. The summed E-state index contributed by atoms with van der Waals surface area (Å²) in [5, 5.41) is 9.24. The quantitative estimate of drug-likeness (QED) is 0.807. The third kappa shape index (κ3) is 4.73. The number of benzene rings is 1. The summed E-state index contributed by atoms with van der Waals surface area (Å²) >= 11 is 1.17. The Bertz CT molecular complexity index is 672. The van der Waals surface area contributed by atoms with Gasteiger partial charge in [0.1, 0.15) is 5.82 Å². The maximum Gasteiger partial charge on any atom is 0.491 e. The van der Waals surface area contributed by atoms with E-state index in [4.69, 9.17) is 9.31 Å². The van der Waals surface area contributed by atoms with Crippen LogP contribution in [0.2, 0.25) is 0 Å². The van der Waals surface area contributed by atoms with Crippen molar-refractivity contribution in [3.8, 4) is 0 Å². The summed E-state index contributed by atoms with van der Waals surface area (Å²) in [5.74, 6) is -0.0344. The molecular weight excluding hydrogens is 342 g/mol. The molecule has 1 saturated heterocycles. The summed E-state index contributed by atoms with van der Waals surface area (Å²) in [6.45, 7) is 8.99. The van der Waals surface area contributed by atoms with Gasteiger partial charge in [0, 0.05) is 18.2 Å². The molecule has 1 aliphatic rings. The lowest BCUT2D eigenvalue weighted by atomic mass is 9.78. The zero-order valence-electron chi connectivity index (χ0n) is 15.3. The van der Waals surface area contributed by atoms with Gasteiger partial charge in [-0.15, -0.1) is 0 Å². The van der Waals surface area contributed by atoms with E-state index in [9.17, 15) is 14.3 Å². The van der Waals surface area contributed by atoms with Crippen LogP contribution in [0.5, 0.6) is 0 Å². The van der Waals surface area contributed by atoms with Gasteiger partial charge >= 0.3 is 7.12 Å². The lowest BCUT2D eigenvalue weighted by Gasteiger charge is -2.32. The highest BCUT2D eigenvalue weighted by atomic mass is 32.2. The summed E-state index contributed by atoms with van der Waals surface area (Å²) < 4.78 is 25.7. The normalized spacial score (nSPS) is 19.3. The minimum Gasteiger partial charge on any atom is -0.400 e. The zero-order chi connectivity index (χ0) is 18.8. The Morgan fingerprint density at radius 2 is 1.88 bits per heavy atom. The van der Waals surface area contributed by atoms with Crippen molar-refractivity contribution < 1.29 is 23.6 Å². The minimum absolute atomic E-state index is 0.00225. The number of aliphatic hydroxyl groups is 1. The smallest absolute Gasteiger partial charge is 0.400 e. The van der Waals surface area contributed by atoms with Crippen LogP contribution in [0.15, 0.2) is 23.7 Å². The molecule has 0 aromatic heterocycles. The van der Waals surface area contributed by atoms with Gasteiger partial charge < -0.3 is 14.4 Å². The molecule has 0 unspecified atom stereocenters. The molecule has 25 heavy (non-hydrogen) atoms. The molecule has 1 N–H and O–H groups in total. The van der Waals surface area contributed by atoms with Crippen molar-refractivity contribution in [3.63, 3.8) is 0 Å². The van der Waals surface area contributed by atoms with Crippen molar-refractivity contribution in [1.29, 1.82) is 0 Å². The first kappa shape index (κ1) is 20.2. The van der Waals surface area contributed by atoms with Crippen LogP contribution >= 0.6 is 11.8 Å². The predicted octanol–water partition coefficient (Wildman–Crippen LogP) is 3.61. The fourth-order valence-electron chi connectivity index (χ4n) is 2.38. The van der Waals surface area contributed by atoms with E-state index in [1.165, 1.54) is 24.8 Å². The number of carbonyl (C=O) groups excluding carboxylic acids is 1. The van der Waals surface area contributed by atoms with E-state index in [2.05, 4.69) is 0 Å². The fourth-order valence-corrected chi connectivity index (χ4v) is 2.97. The van der Waals surface area contributed by atoms with Gasteiger partial charge in [0.15, 0.2) is 5.12 Å². The molecule has 0 saturated carbocycles. The van der Waals surface area contributed by atoms with Gasteiger partial charge in [0.05, 0.1) is 17.8 Å². The monoisotopic (exact) mass is 366 g/mol. The average Bonchev–Trinajstić information content (AvgIpc) is 2.73. The Balaban J connectivity index is 2.35. The predicted molar refractivity (Wildman–Crippen MR) is 99.5 cm³/mol. The first-order chi connectivity index (χ1) is 11.6. The Morgan fingerprint density at radius 3 is 2.40 bits per heavy atom. The number of rotatable bonds is 5. The topological polar surface area (TPSA) is 55.8 Å². The van der Waals surface area contributed by atoms with Crippen LogP contribution in [-0.4, -0.2) is 34.3 Å². The van der Waals surface area contributed by atoms with Gasteiger partial charge in [0.25, 0.3) is 0 Å². The Labute approximate surface area is 152 Å². The molecule has 7 heteroatoms. The SMILES string of the molecule is CC(=O)SCC(=Cc1ccc(F)c(CO)c1)B1OC(C)(C)C(C)(C)O1. The number of halogens is 1. The van der Waals surface area contributed by atoms with Gasteiger partial charge in [0.2, 0.25) is 0 Å². The highest BCUT2D eigenvalue weighted by Crippen LogP contribution is 2.39. The first-order valence-electron chi connectivity index (χ1n) is 8.14. The van der Waals surface area contributed by atoms with Gasteiger partial charge in [-0.3, -0.25) is 4.79 Å². The highest BCUT2D eigenvalue weighted by molar-refractivity contribution is 8.13. The fraction of sp³-hybridized carbons (Fsp3) is 0.500. The van der Waals surface area contributed by atoms with Crippen molar-refractivity contribution in [2.45, 2.75) is 52.4 Å². The molecule has 0 amide bonds. The number of hydrogen-bond donors (Lipinski definition) is 1. The molecule has 1 aromatic carbocycles. The molecule has 0 spiro atoms. The van der Waals surface area contributed by atoms with Crippen molar-refractivity contribution in [2.24, 2.45) is 0 Å². The lowest BCUT2D eigenvalue weighted by Crippen LogP contribution is -2.41. The maximum atomic E-state index is 13.6. The Morgan fingerprint density at radius 1 is 1.28 bits per heavy atom. The van der Waals surface area contributed by atoms with Crippen LogP contribution in [-0.2, 0) is 20.7 Å². The molecule has 136 valence electrons. The summed E-state index contributed by atoms with van der Waals surface area (Å²) in [5.41, 5.74) is 0.753. The molecule has 0 radical (unpaired) electrons. The van der Waals surface area contributed by atoms with Crippen LogP contribution in [0, 0.1) is 5.82 Å². The third-order valence-corrected chi connectivity index (χ3v) is 5.47. The Kier molecular flexibility index (Phi) is 6.15. The van der Waals surface area contributed by atoms with E-state index < -0.39 is 24.1 Å². The lowest BCUT2D eigenvalue weighted by molar-refractivity contribution is -0.109. The average molecular weight is 366 g/mol. The number of hydrogen-bond acceptors (Lipinski definition) is 5. The van der Waals surface area contributed by atoms with Crippen molar-refractivity contribution >= 4 is 30.1 Å². The van der Waals surface area contributed by atoms with E-state index in [-0.39, 0.29) is 17.3 Å². The van der Waals surface area contributed by atoms with Gasteiger partial charge in [-0.1, -0.05) is 23.9 Å². The molecule has 0 aliphatic carbocycles. The van der Waals surface area contributed by atoms with Crippen LogP contribution in [0.1, 0.15) is 45.7 Å². The highest BCUT2D eigenvalue weighted by Gasteiger charge is 2.52. The van der Waals surface area contributed by atoms with E-state index >= 15 is 0 Å². The molecule has 1 aliphatic heterocycles. The van der Waals surface area contributed by atoms with Crippen molar-refractivity contribution in [2.75, 3.05) is 5.75 Å². The maximum absolute atomic E-state index is 13.6. The zero-order valence-corrected chi connectivity index (χ0v) is 16.1. The molecule has 4 nitrogen and oxygen atoms in total. The van der Waals surface area contributed by atoms with E-state index in [1.807, 2.05) is 33.8 Å². The third-order valence-electron chi connectivity index (χ3n) is 4.59. The molecule has 0 bridgehead atoms. The van der Waals surface area contributed by atoms with Gasteiger partial charge in [-0.05, 0) is 50.9 Å². The summed E-state index contributed by atoms with van der Waals surface area (Å²) in [6, 6.07) is 4.52. The van der Waals surface area contributed by atoms with Crippen LogP contribution in [0.3, 0.4) is 0 Å². The molecule has 1 fully saturated rings. The molecular formula is C18H24BFO4S. The van der Waals surface area contributed by atoms with Crippen molar-refractivity contribution in [1.82, 2.24) is 0 Å². The van der Waals surface area contributed by atoms with Crippen molar-refractivity contribution in [3.05, 3.63) is 40.6 Å². The van der Waals surface area contributed by atoms with E-state index in [0.717, 1.165) is 11.0 Å². The van der Waals surface area contributed by atoms with E-state index in [0.29, 0.717) is 5.75 Å². The summed E-state index contributed by atoms with van der Waals surface area (Å²) in [4.78, 5) is 11.4. The summed E-state index contributed by atoms with van der Waals surface area (Å²) in [7, 11) is -0.584. The molecule has 1 aromatic rings. The molecule has 0 atom stereocenters. The van der Waals surface area contributed by atoms with Crippen LogP contribution < -0.4 is 0 Å². The van der Waals surface area contributed by atoms with Gasteiger partial charge in [-0.25, -0.2) is 4.39 Å². The minimum atomic E-state index is -0.584. The number of carbonyl (C=O) groups is 1.